The van der Waals surface area contributed by atoms with E-state index in [1.807, 2.05) is 18.5 Å². The van der Waals surface area contributed by atoms with Gasteiger partial charge in [-0.2, -0.15) is 5.10 Å². The van der Waals surface area contributed by atoms with E-state index in [1.54, 1.807) is 17.1 Å². The lowest BCUT2D eigenvalue weighted by Crippen LogP contribution is -2.18. The molecule has 2 aromatic heterocycles. The van der Waals surface area contributed by atoms with Crippen LogP contribution < -0.4 is 5.32 Å². The van der Waals surface area contributed by atoms with E-state index in [4.69, 9.17) is 0 Å². The Morgan fingerprint density at radius 2 is 2.53 bits per heavy atom. The molecule has 2 aromatic rings. The summed E-state index contributed by atoms with van der Waals surface area (Å²) >= 11 is 1.39. The van der Waals surface area contributed by atoms with Crippen molar-refractivity contribution < 1.29 is 4.79 Å². The van der Waals surface area contributed by atoms with Crippen LogP contribution in [0.15, 0.2) is 24.0 Å². The first-order valence-corrected chi connectivity index (χ1v) is 5.30. The van der Waals surface area contributed by atoms with Crippen molar-refractivity contribution in [2.75, 3.05) is 5.32 Å². The lowest BCUT2D eigenvalue weighted by Gasteiger charge is -2.01. The lowest BCUT2D eigenvalue weighted by molar-refractivity contribution is -0.116. The molecule has 0 aliphatic heterocycles. The van der Waals surface area contributed by atoms with Gasteiger partial charge in [-0.3, -0.25) is 9.48 Å². The molecule has 0 aromatic carbocycles. The second-order valence-electron chi connectivity index (χ2n) is 3.10. The van der Waals surface area contributed by atoms with Gasteiger partial charge in [0.1, 0.15) is 6.54 Å². The Balaban J connectivity index is 1.93. The zero-order valence-corrected chi connectivity index (χ0v) is 8.99. The van der Waals surface area contributed by atoms with Gasteiger partial charge in [-0.05, 0) is 12.5 Å². The normalized spacial score (nSPS) is 10.2. The van der Waals surface area contributed by atoms with Gasteiger partial charge in [-0.1, -0.05) is 0 Å². The first-order chi connectivity index (χ1) is 7.24. The third-order valence-electron chi connectivity index (χ3n) is 1.75. The van der Waals surface area contributed by atoms with Gasteiger partial charge < -0.3 is 5.32 Å². The van der Waals surface area contributed by atoms with Crippen molar-refractivity contribution in [3.8, 4) is 0 Å². The molecule has 78 valence electrons. The van der Waals surface area contributed by atoms with E-state index in [0.29, 0.717) is 5.13 Å². The highest BCUT2D eigenvalue weighted by atomic mass is 32.1. The van der Waals surface area contributed by atoms with Gasteiger partial charge in [0.05, 0.1) is 6.20 Å². The van der Waals surface area contributed by atoms with Crippen LogP contribution in [0.2, 0.25) is 0 Å². The van der Waals surface area contributed by atoms with E-state index in [0.717, 1.165) is 5.56 Å². The quantitative estimate of drug-likeness (QED) is 0.851. The molecule has 0 aliphatic rings. The standard InChI is InChI=1S/C9H10N4OS/c1-7-4-11-13(5-7)6-8(14)12-9-10-2-3-15-9/h2-5H,6H2,1H3,(H,10,12,14). The molecule has 1 N–H and O–H groups in total. The Bertz CT molecular complexity index is 448. The fraction of sp³-hybridized carbons (Fsp3) is 0.222. The highest BCUT2D eigenvalue weighted by Crippen LogP contribution is 2.09. The zero-order valence-electron chi connectivity index (χ0n) is 8.17. The summed E-state index contributed by atoms with van der Waals surface area (Å²) in [6.45, 7) is 2.15. The number of hydrogen-bond donors (Lipinski definition) is 1. The van der Waals surface area contributed by atoms with Crippen LogP contribution in [0, 0.1) is 6.92 Å². The summed E-state index contributed by atoms with van der Waals surface area (Å²) in [7, 11) is 0. The Morgan fingerprint density at radius 1 is 1.67 bits per heavy atom. The largest absolute Gasteiger partial charge is 0.300 e. The number of rotatable bonds is 3. The number of hydrogen-bond acceptors (Lipinski definition) is 4. The average molecular weight is 222 g/mol. The van der Waals surface area contributed by atoms with Crippen LogP contribution in [0.4, 0.5) is 5.13 Å². The Hall–Kier alpha value is -1.69. The van der Waals surface area contributed by atoms with E-state index >= 15 is 0 Å². The summed E-state index contributed by atoms with van der Waals surface area (Å²) in [4.78, 5) is 15.4. The minimum atomic E-state index is -0.118. The Labute approximate surface area is 90.8 Å². The van der Waals surface area contributed by atoms with Crippen LogP contribution in [0.3, 0.4) is 0 Å². The number of amides is 1. The number of nitrogens with one attached hydrogen (secondary N) is 1. The maximum Gasteiger partial charge on any atom is 0.247 e. The summed E-state index contributed by atoms with van der Waals surface area (Å²) in [6.07, 6.45) is 5.19. The molecule has 0 radical (unpaired) electrons. The molecule has 0 spiro atoms. The molecular formula is C9H10N4OS. The number of carbonyl (C=O) groups excluding carboxylic acids is 1. The zero-order chi connectivity index (χ0) is 10.7. The average Bonchev–Trinajstić information content (AvgIpc) is 2.77. The second-order valence-corrected chi connectivity index (χ2v) is 4.00. The van der Waals surface area contributed by atoms with E-state index < -0.39 is 0 Å². The van der Waals surface area contributed by atoms with E-state index in [1.165, 1.54) is 11.3 Å². The summed E-state index contributed by atoms with van der Waals surface area (Å²) < 4.78 is 1.60. The third-order valence-corrected chi connectivity index (χ3v) is 2.44. The molecule has 0 bridgehead atoms. The molecule has 0 aliphatic carbocycles. The fourth-order valence-corrected chi connectivity index (χ4v) is 1.69. The molecule has 5 nitrogen and oxygen atoms in total. The minimum absolute atomic E-state index is 0.118. The highest BCUT2D eigenvalue weighted by Gasteiger charge is 2.05. The molecule has 0 unspecified atom stereocenters. The highest BCUT2D eigenvalue weighted by molar-refractivity contribution is 7.13. The first-order valence-electron chi connectivity index (χ1n) is 4.42. The number of aromatic nitrogens is 3. The predicted molar refractivity (Wildman–Crippen MR) is 57.7 cm³/mol. The van der Waals surface area contributed by atoms with Gasteiger partial charge in [-0.15, -0.1) is 11.3 Å². The van der Waals surface area contributed by atoms with Crippen molar-refractivity contribution in [2.24, 2.45) is 0 Å². The number of anilines is 1. The van der Waals surface area contributed by atoms with E-state index in [-0.39, 0.29) is 12.5 Å². The van der Waals surface area contributed by atoms with E-state index in [2.05, 4.69) is 15.4 Å². The molecule has 0 saturated carbocycles. The summed E-state index contributed by atoms with van der Waals surface area (Å²) in [6, 6.07) is 0. The Kier molecular flexibility index (Phi) is 2.77. The molecule has 15 heavy (non-hydrogen) atoms. The minimum Gasteiger partial charge on any atom is -0.300 e. The van der Waals surface area contributed by atoms with Crippen molar-refractivity contribution >= 4 is 22.4 Å². The van der Waals surface area contributed by atoms with Crippen LogP contribution >= 0.6 is 11.3 Å². The lowest BCUT2D eigenvalue weighted by atomic mass is 10.4. The fourth-order valence-electron chi connectivity index (χ4n) is 1.14. The smallest absolute Gasteiger partial charge is 0.247 e. The summed E-state index contributed by atoms with van der Waals surface area (Å²) in [5.41, 5.74) is 1.04. The van der Waals surface area contributed by atoms with Crippen LogP contribution in [0.25, 0.3) is 0 Å². The van der Waals surface area contributed by atoms with Crippen molar-refractivity contribution in [3.63, 3.8) is 0 Å². The van der Waals surface area contributed by atoms with Crippen molar-refractivity contribution in [1.29, 1.82) is 0 Å². The predicted octanol–water partition coefficient (Wildman–Crippen LogP) is 1.29. The molecule has 0 fully saturated rings. The van der Waals surface area contributed by atoms with Gasteiger partial charge in [0.2, 0.25) is 5.91 Å². The maximum absolute atomic E-state index is 11.5. The van der Waals surface area contributed by atoms with Crippen molar-refractivity contribution in [3.05, 3.63) is 29.5 Å². The summed E-state index contributed by atoms with van der Waals surface area (Å²) in [5, 5.41) is 9.14. The summed E-state index contributed by atoms with van der Waals surface area (Å²) in [5.74, 6) is -0.118. The molecule has 0 saturated heterocycles. The monoisotopic (exact) mass is 222 g/mol. The van der Waals surface area contributed by atoms with Gasteiger partial charge in [0, 0.05) is 17.8 Å². The first kappa shape index (κ1) is 9.85. The van der Waals surface area contributed by atoms with Crippen LogP contribution in [0.5, 0.6) is 0 Å². The van der Waals surface area contributed by atoms with Crippen LogP contribution in [-0.4, -0.2) is 20.7 Å². The molecule has 1 amide bonds. The molecule has 0 atom stereocenters. The van der Waals surface area contributed by atoms with Crippen LogP contribution in [-0.2, 0) is 11.3 Å². The van der Waals surface area contributed by atoms with Gasteiger partial charge in [0.25, 0.3) is 0 Å². The molecule has 6 heteroatoms. The second kappa shape index (κ2) is 4.22. The van der Waals surface area contributed by atoms with Gasteiger partial charge >= 0.3 is 0 Å². The Morgan fingerprint density at radius 3 is 3.13 bits per heavy atom. The van der Waals surface area contributed by atoms with Gasteiger partial charge in [0.15, 0.2) is 5.13 Å². The van der Waals surface area contributed by atoms with Crippen molar-refractivity contribution in [2.45, 2.75) is 13.5 Å². The number of nitrogens with zero attached hydrogens (tertiary/aromatic N) is 3. The SMILES string of the molecule is Cc1cnn(CC(=O)Nc2nccs2)c1. The number of thiazole rings is 1. The topological polar surface area (TPSA) is 59.8 Å². The third kappa shape index (κ3) is 2.63. The number of carbonyl (C=O) groups is 1. The number of aryl methyl sites for hydroxylation is 1. The molecule has 2 heterocycles. The molecule has 2 rings (SSSR count). The van der Waals surface area contributed by atoms with Crippen molar-refractivity contribution in [1.82, 2.24) is 14.8 Å². The van der Waals surface area contributed by atoms with E-state index in [9.17, 15) is 4.79 Å². The molecular weight excluding hydrogens is 212 g/mol. The maximum atomic E-state index is 11.5. The van der Waals surface area contributed by atoms with Gasteiger partial charge in [-0.25, -0.2) is 4.98 Å². The van der Waals surface area contributed by atoms with Crippen LogP contribution in [0.1, 0.15) is 5.56 Å².